The summed E-state index contributed by atoms with van der Waals surface area (Å²) in [7, 11) is 1.61. The summed E-state index contributed by atoms with van der Waals surface area (Å²) < 4.78 is 6.82. The molecule has 0 radical (unpaired) electrons. The molecule has 2 heterocycles. The summed E-state index contributed by atoms with van der Waals surface area (Å²) in [6, 6.07) is 17.4. The molecule has 1 aromatic heterocycles. The second kappa shape index (κ2) is 8.60. The molecule has 0 unspecified atom stereocenters. The largest absolute Gasteiger partial charge is 0.497 e. The Labute approximate surface area is 187 Å². The zero-order chi connectivity index (χ0) is 22.1. The van der Waals surface area contributed by atoms with Gasteiger partial charge in [-0.3, -0.25) is 4.79 Å². The van der Waals surface area contributed by atoms with Gasteiger partial charge in [-0.15, -0.1) is 0 Å². The normalized spacial score (nSPS) is 16.1. The van der Waals surface area contributed by atoms with Crippen LogP contribution in [0.1, 0.15) is 47.3 Å². The van der Waals surface area contributed by atoms with Gasteiger partial charge in [-0.25, -0.2) is 0 Å². The van der Waals surface area contributed by atoms with Crippen molar-refractivity contribution in [3.63, 3.8) is 0 Å². The van der Waals surface area contributed by atoms with E-state index in [1.165, 1.54) is 12.0 Å². The van der Waals surface area contributed by atoms with Crippen molar-refractivity contribution < 1.29 is 14.6 Å². The van der Waals surface area contributed by atoms with Crippen molar-refractivity contribution >= 4 is 17.1 Å². The lowest BCUT2D eigenvalue weighted by Crippen LogP contribution is -2.25. The molecule has 2 aliphatic rings. The van der Waals surface area contributed by atoms with Gasteiger partial charge < -0.3 is 9.84 Å². The number of rotatable bonds is 5. The van der Waals surface area contributed by atoms with Gasteiger partial charge >= 0.3 is 0 Å². The van der Waals surface area contributed by atoms with Crippen molar-refractivity contribution in [3.05, 3.63) is 83.1 Å². The first kappa shape index (κ1) is 20.5. The van der Waals surface area contributed by atoms with Gasteiger partial charge in [-0.1, -0.05) is 48.5 Å². The number of aliphatic hydroxyl groups is 1. The third kappa shape index (κ3) is 3.49. The second-order valence-electron chi connectivity index (χ2n) is 8.27. The van der Waals surface area contributed by atoms with Crippen molar-refractivity contribution in [2.45, 2.75) is 32.1 Å². The molecule has 0 spiro atoms. The minimum Gasteiger partial charge on any atom is -0.497 e. The fourth-order valence-electron chi connectivity index (χ4n) is 4.75. The predicted octanol–water partition coefficient (Wildman–Crippen LogP) is 5.16. The molecular weight excluding hydrogens is 400 g/mol. The summed E-state index contributed by atoms with van der Waals surface area (Å²) in [5.41, 5.74) is 7.05. The molecule has 1 aliphatic heterocycles. The van der Waals surface area contributed by atoms with E-state index in [0.29, 0.717) is 12.0 Å². The monoisotopic (exact) mass is 426 g/mol. The van der Waals surface area contributed by atoms with Crippen molar-refractivity contribution in [1.82, 2.24) is 9.78 Å². The summed E-state index contributed by atoms with van der Waals surface area (Å²) in [6.45, 7) is -0.169. The molecule has 2 aromatic carbocycles. The standard InChI is InChI=1S/C27H26N2O3/c1-32-22-14-12-19(13-15-22)24-21(17-30)16-23-25(18-8-4-2-5-9-18)26(28-29(23)27(24)31)20-10-6-3-7-11-20/h3,6-8,10-15,30H,2,4-5,9,16-17H2,1H3. The number of aliphatic hydroxyl groups excluding tert-OH is 1. The van der Waals surface area contributed by atoms with Gasteiger partial charge in [0, 0.05) is 17.5 Å². The molecule has 0 bridgehead atoms. The van der Waals surface area contributed by atoms with E-state index in [4.69, 9.17) is 9.84 Å². The number of aromatic nitrogens is 2. The Kier molecular flexibility index (Phi) is 5.50. The van der Waals surface area contributed by atoms with E-state index in [1.54, 1.807) is 11.8 Å². The average Bonchev–Trinajstić information content (AvgIpc) is 3.25. The van der Waals surface area contributed by atoms with Crippen LogP contribution in [0, 0.1) is 0 Å². The van der Waals surface area contributed by atoms with Crippen molar-refractivity contribution in [1.29, 1.82) is 0 Å². The second-order valence-corrected chi connectivity index (χ2v) is 8.27. The lowest BCUT2D eigenvalue weighted by molar-refractivity contribution is 0.0956. The Hall–Kier alpha value is -3.44. The molecule has 3 aromatic rings. The molecule has 32 heavy (non-hydrogen) atoms. The molecule has 162 valence electrons. The summed E-state index contributed by atoms with van der Waals surface area (Å²) in [6.07, 6.45) is 7.14. The molecule has 0 amide bonds. The Morgan fingerprint density at radius 3 is 2.47 bits per heavy atom. The van der Waals surface area contributed by atoms with Gasteiger partial charge in [0.15, 0.2) is 0 Å². The number of benzene rings is 2. The van der Waals surface area contributed by atoms with Gasteiger partial charge in [0.2, 0.25) is 0 Å². The Morgan fingerprint density at radius 2 is 1.81 bits per heavy atom. The maximum atomic E-state index is 13.7. The Balaban J connectivity index is 1.68. The first-order valence-corrected chi connectivity index (χ1v) is 11.1. The summed E-state index contributed by atoms with van der Waals surface area (Å²) in [5.74, 6) is 0.529. The fourth-order valence-corrected chi connectivity index (χ4v) is 4.75. The van der Waals surface area contributed by atoms with Gasteiger partial charge in [0.1, 0.15) is 11.4 Å². The van der Waals surface area contributed by atoms with Crippen LogP contribution in [0.25, 0.3) is 22.4 Å². The highest BCUT2D eigenvalue weighted by atomic mass is 16.5. The number of hydrogen-bond acceptors (Lipinski definition) is 4. The SMILES string of the molecule is COc1ccc(C2=C(CO)Cc3c(C4=CCCCC4)c(-c4ccccc4)nn3C2=O)cc1. The van der Waals surface area contributed by atoms with Gasteiger partial charge in [-0.05, 0) is 54.5 Å². The van der Waals surface area contributed by atoms with Gasteiger partial charge in [0.25, 0.3) is 5.91 Å². The van der Waals surface area contributed by atoms with Gasteiger partial charge in [-0.2, -0.15) is 9.78 Å². The average molecular weight is 427 g/mol. The summed E-state index contributed by atoms with van der Waals surface area (Å²) in [5, 5.41) is 15.1. The van der Waals surface area contributed by atoms with E-state index in [9.17, 15) is 9.90 Å². The van der Waals surface area contributed by atoms with E-state index in [-0.39, 0.29) is 12.5 Å². The topological polar surface area (TPSA) is 64.3 Å². The molecule has 5 rings (SSSR count). The molecule has 5 nitrogen and oxygen atoms in total. The van der Waals surface area contributed by atoms with Crippen LogP contribution in [0.2, 0.25) is 0 Å². The molecule has 0 atom stereocenters. The third-order valence-corrected chi connectivity index (χ3v) is 6.35. The van der Waals surface area contributed by atoms with Crippen LogP contribution in [0.4, 0.5) is 0 Å². The lowest BCUT2D eigenvalue weighted by Gasteiger charge is -2.22. The van der Waals surface area contributed by atoms with Gasteiger partial charge in [0.05, 0.1) is 25.0 Å². The predicted molar refractivity (Wildman–Crippen MR) is 125 cm³/mol. The number of fused-ring (bicyclic) bond motifs is 1. The Bertz CT molecular complexity index is 1220. The zero-order valence-corrected chi connectivity index (χ0v) is 18.2. The maximum Gasteiger partial charge on any atom is 0.279 e. The first-order chi connectivity index (χ1) is 15.7. The molecule has 0 fully saturated rings. The van der Waals surface area contributed by atoms with Crippen molar-refractivity contribution in [3.8, 4) is 17.0 Å². The third-order valence-electron chi connectivity index (χ3n) is 6.35. The number of carbonyl (C=O) groups is 1. The van der Waals surface area contributed by atoms with Crippen LogP contribution >= 0.6 is 0 Å². The van der Waals surface area contributed by atoms with Crippen molar-refractivity contribution in [2.75, 3.05) is 13.7 Å². The maximum absolute atomic E-state index is 13.7. The van der Waals surface area contributed by atoms with Crippen LogP contribution in [0.3, 0.4) is 0 Å². The van der Waals surface area contributed by atoms with Crippen LogP contribution in [-0.2, 0) is 6.42 Å². The van der Waals surface area contributed by atoms with E-state index in [1.807, 2.05) is 54.6 Å². The minimum absolute atomic E-state index is 0.169. The molecule has 5 heteroatoms. The quantitative estimate of drug-likeness (QED) is 0.612. The number of methoxy groups -OCH3 is 1. The minimum atomic E-state index is -0.194. The Morgan fingerprint density at radius 1 is 1.03 bits per heavy atom. The molecule has 0 saturated heterocycles. The summed E-state index contributed by atoms with van der Waals surface area (Å²) >= 11 is 0. The van der Waals surface area contributed by atoms with E-state index < -0.39 is 0 Å². The molecule has 1 N–H and O–H groups in total. The molecular formula is C27H26N2O3. The number of allylic oxidation sites excluding steroid dienone is 3. The highest BCUT2D eigenvalue weighted by molar-refractivity contribution is 6.22. The first-order valence-electron chi connectivity index (χ1n) is 11.1. The fraction of sp³-hybridized carbons (Fsp3) is 0.259. The number of nitrogens with zero attached hydrogens (tertiary/aromatic N) is 2. The highest BCUT2D eigenvalue weighted by Crippen LogP contribution is 2.40. The van der Waals surface area contributed by atoms with E-state index in [0.717, 1.165) is 58.7 Å². The molecule has 1 aliphatic carbocycles. The van der Waals surface area contributed by atoms with Crippen LogP contribution in [-0.4, -0.2) is 34.5 Å². The van der Waals surface area contributed by atoms with E-state index in [2.05, 4.69) is 6.08 Å². The van der Waals surface area contributed by atoms with Crippen molar-refractivity contribution in [2.24, 2.45) is 0 Å². The molecule has 0 saturated carbocycles. The summed E-state index contributed by atoms with van der Waals surface area (Å²) in [4.78, 5) is 13.7. The highest BCUT2D eigenvalue weighted by Gasteiger charge is 2.33. The number of carbonyl (C=O) groups excluding carboxylic acids is 1. The zero-order valence-electron chi connectivity index (χ0n) is 18.2. The lowest BCUT2D eigenvalue weighted by atomic mass is 9.86. The van der Waals surface area contributed by atoms with Crippen LogP contribution in [0.15, 0.2) is 66.2 Å². The number of hydrogen-bond donors (Lipinski definition) is 1. The number of ether oxygens (including phenoxy) is 1. The van der Waals surface area contributed by atoms with Crippen LogP contribution < -0.4 is 4.74 Å². The smallest absolute Gasteiger partial charge is 0.279 e. The van der Waals surface area contributed by atoms with Crippen LogP contribution in [0.5, 0.6) is 5.75 Å². The van der Waals surface area contributed by atoms with E-state index >= 15 is 0 Å².